The highest BCUT2D eigenvalue weighted by Crippen LogP contribution is 2.33. The third-order valence-corrected chi connectivity index (χ3v) is 4.72. The molecule has 0 radical (unpaired) electrons. The molecule has 0 saturated carbocycles. The Morgan fingerprint density at radius 3 is 2.30 bits per heavy atom. The molecule has 2 aromatic rings. The minimum absolute atomic E-state index is 0.202. The van der Waals surface area contributed by atoms with Crippen molar-refractivity contribution >= 4 is 31.9 Å². The molecule has 0 bridgehead atoms. The van der Waals surface area contributed by atoms with Gasteiger partial charge >= 0.3 is 0 Å². The van der Waals surface area contributed by atoms with Crippen molar-refractivity contribution in [2.24, 2.45) is 0 Å². The zero-order valence-electron chi connectivity index (χ0n) is 12.0. The number of rotatable bonds is 4. The molecular formula is C17H19Br2N. The number of nitrogens with one attached hydrogen (secondary N) is 1. The molecule has 0 aliphatic rings. The van der Waals surface area contributed by atoms with E-state index < -0.39 is 0 Å². The molecule has 0 aliphatic carbocycles. The Morgan fingerprint density at radius 1 is 1.05 bits per heavy atom. The second kappa shape index (κ2) is 6.88. The second-order valence-corrected chi connectivity index (χ2v) is 6.73. The van der Waals surface area contributed by atoms with Gasteiger partial charge in [-0.3, -0.25) is 0 Å². The van der Waals surface area contributed by atoms with E-state index in [0.717, 1.165) is 15.5 Å². The minimum Gasteiger partial charge on any atom is -0.306 e. The summed E-state index contributed by atoms with van der Waals surface area (Å²) >= 11 is 7.26. The normalized spacial score (nSPS) is 12.4. The second-order valence-electron chi connectivity index (χ2n) is 4.96. The Labute approximate surface area is 138 Å². The number of halogens is 2. The standard InChI is InChI=1S/C17H19Br2N/c1-4-20-17(14-10-13(18)8-9-15(14)19)16-11(2)6-5-7-12(16)3/h5-10,17,20H,4H2,1-3H3. The first-order valence-corrected chi connectivity index (χ1v) is 8.37. The lowest BCUT2D eigenvalue weighted by Gasteiger charge is -2.24. The Bertz CT molecular complexity index is 588. The molecule has 0 aliphatic heterocycles. The SMILES string of the molecule is CCNC(c1cc(Br)ccc1Br)c1c(C)cccc1C. The van der Waals surface area contributed by atoms with Crippen molar-refractivity contribution in [2.75, 3.05) is 6.54 Å². The zero-order chi connectivity index (χ0) is 14.7. The highest BCUT2D eigenvalue weighted by Gasteiger charge is 2.19. The van der Waals surface area contributed by atoms with Gasteiger partial charge in [-0.2, -0.15) is 0 Å². The van der Waals surface area contributed by atoms with Crippen LogP contribution in [0.5, 0.6) is 0 Å². The van der Waals surface area contributed by atoms with Crippen molar-refractivity contribution in [3.05, 3.63) is 67.6 Å². The molecule has 0 saturated heterocycles. The van der Waals surface area contributed by atoms with Crippen molar-refractivity contribution in [3.63, 3.8) is 0 Å². The van der Waals surface area contributed by atoms with Gasteiger partial charge in [-0.15, -0.1) is 0 Å². The summed E-state index contributed by atoms with van der Waals surface area (Å²) in [5.74, 6) is 0. The molecule has 0 heterocycles. The maximum Gasteiger partial charge on any atom is 0.0593 e. The van der Waals surface area contributed by atoms with Crippen LogP contribution in [0.15, 0.2) is 45.3 Å². The number of benzene rings is 2. The maximum absolute atomic E-state index is 3.69. The molecule has 0 amide bonds. The van der Waals surface area contributed by atoms with Crippen LogP contribution in [0, 0.1) is 13.8 Å². The molecule has 1 nitrogen and oxygen atoms in total. The predicted octanol–water partition coefficient (Wildman–Crippen LogP) is 5.53. The third-order valence-electron chi connectivity index (χ3n) is 3.51. The fourth-order valence-corrected chi connectivity index (χ4v) is 3.44. The molecule has 2 aromatic carbocycles. The van der Waals surface area contributed by atoms with Gasteiger partial charge in [-0.25, -0.2) is 0 Å². The van der Waals surface area contributed by atoms with Crippen molar-refractivity contribution in [1.82, 2.24) is 5.32 Å². The molecule has 1 atom stereocenters. The first kappa shape index (κ1) is 15.7. The van der Waals surface area contributed by atoms with Crippen LogP contribution < -0.4 is 5.32 Å². The number of aryl methyl sites for hydroxylation is 2. The molecule has 106 valence electrons. The highest BCUT2D eigenvalue weighted by atomic mass is 79.9. The van der Waals surface area contributed by atoms with E-state index in [4.69, 9.17) is 0 Å². The Morgan fingerprint density at radius 2 is 1.70 bits per heavy atom. The van der Waals surface area contributed by atoms with Crippen molar-refractivity contribution in [2.45, 2.75) is 26.8 Å². The van der Waals surface area contributed by atoms with Crippen LogP contribution in [0.3, 0.4) is 0 Å². The van der Waals surface area contributed by atoms with E-state index in [2.05, 4.69) is 94.3 Å². The van der Waals surface area contributed by atoms with E-state index >= 15 is 0 Å². The zero-order valence-corrected chi connectivity index (χ0v) is 15.2. The van der Waals surface area contributed by atoms with Gasteiger partial charge < -0.3 is 5.32 Å². The van der Waals surface area contributed by atoms with E-state index in [1.54, 1.807) is 0 Å². The lowest BCUT2D eigenvalue weighted by atomic mass is 9.91. The Hall–Kier alpha value is -0.640. The fraction of sp³-hybridized carbons (Fsp3) is 0.294. The molecule has 0 aromatic heterocycles. The average Bonchev–Trinajstić information content (AvgIpc) is 2.40. The van der Waals surface area contributed by atoms with Crippen LogP contribution >= 0.6 is 31.9 Å². The van der Waals surface area contributed by atoms with Crippen LogP contribution in [-0.4, -0.2) is 6.54 Å². The van der Waals surface area contributed by atoms with Gasteiger partial charge in [-0.05, 0) is 60.8 Å². The van der Waals surface area contributed by atoms with Crippen LogP contribution in [0.25, 0.3) is 0 Å². The summed E-state index contributed by atoms with van der Waals surface area (Å²) in [5.41, 5.74) is 5.28. The molecule has 0 fully saturated rings. The van der Waals surface area contributed by atoms with Gasteiger partial charge in [-0.1, -0.05) is 57.0 Å². The molecule has 3 heteroatoms. The van der Waals surface area contributed by atoms with Gasteiger partial charge in [0.2, 0.25) is 0 Å². The summed E-state index contributed by atoms with van der Waals surface area (Å²) in [6.07, 6.45) is 0. The first-order valence-electron chi connectivity index (χ1n) is 6.79. The molecule has 0 spiro atoms. The summed E-state index contributed by atoms with van der Waals surface area (Å²) in [4.78, 5) is 0. The summed E-state index contributed by atoms with van der Waals surface area (Å²) in [6, 6.07) is 13.0. The number of hydrogen-bond donors (Lipinski definition) is 1. The summed E-state index contributed by atoms with van der Waals surface area (Å²) in [7, 11) is 0. The summed E-state index contributed by atoms with van der Waals surface area (Å²) in [5, 5.41) is 3.61. The highest BCUT2D eigenvalue weighted by molar-refractivity contribution is 9.11. The predicted molar refractivity (Wildman–Crippen MR) is 93.3 cm³/mol. The lowest BCUT2D eigenvalue weighted by molar-refractivity contribution is 0.622. The molecule has 20 heavy (non-hydrogen) atoms. The van der Waals surface area contributed by atoms with Crippen molar-refractivity contribution in [1.29, 1.82) is 0 Å². The lowest BCUT2D eigenvalue weighted by Crippen LogP contribution is -2.24. The van der Waals surface area contributed by atoms with E-state index in [0.29, 0.717) is 0 Å². The first-order chi connectivity index (χ1) is 9.54. The monoisotopic (exact) mass is 395 g/mol. The van der Waals surface area contributed by atoms with Gasteiger partial charge in [0.1, 0.15) is 0 Å². The summed E-state index contributed by atoms with van der Waals surface area (Å²) in [6.45, 7) is 7.43. The fourth-order valence-electron chi connectivity index (χ4n) is 2.59. The van der Waals surface area contributed by atoms with Crippen molar-refractivity contribution in [3.8, 4) is 0 Å². The van der Waals surface area contributed by atoms with Crippen molar-refractivity contribution < 1.29 is 0 Å². The Balaban J connectivity index is 2.59. The van der Waals surface area contributed by atoms with Crippen LogP contribution in [0.2, 0.25) is 0 Å². The molecule has 2 rings (SSSR count). The van der Waals surface area contributed by atoms with E-state index in [1.807, 2.05) is 0 Å². The van der Waals surface area contributed by atoms with Gasteiger partial charge in [0.25, 0.3) is 0 Å². The van der Waals surface area contributed by atoms with Gasteiger partial charge in [0.15, 0.2) is 0 Å². The van der Waals surface area contributed by atoms with Crippen LogP contribution in [0.4, 0.5) is 0 Å². The quantitative estimate of drug-likeness (QED) is 0.716. The van der Waals surface area contributed by atoms with E-state index in [-0.39, 0.29) is 6.04 Å². The maximum atomic E-state index is 3.69. The van der Waals surface area contributed by atoms with Crippen LogP contribution in [0.1, 0.15) is 35.2 Å². The topological polar surface area (TPSA) is 12.0 Å². The molecule has 1 unspecified atom stereocenters. The summed E-state index contributed by atoms with van der Waals surface area (Å²) < 4.78 is 2.24. The van der Waals surface area contributed by atoms with Gasteiger partial charge in [0.05, 0.1) is 6.04 Å². The minimum atomic E-state index is 0.202. The number of hydrogen-bond acceptors (Lipinski definition) is 1. The average molecular weight is 397 g/mol. The molecular weight excluding hydrogens is 378 g/mol. The molecule has 1 N–H and O–H groups in total. The van der Waals surface area contributed by atoms with Gasteiger partial charge in [0, 0.05) is 8.95 Å². The largest absolute Gasteiger partial charge is 0.306 e. The Kier molecular flexibility index (Phi) is 5.42. The smallest absolute Gasteiger partial charge is 0.0593 e. The van der Waals surface area contributed by atoms with E-state index in [1.165, 1.54) is 22.3 Å². The van der Waals surface area contributed by atoms with E-state index in [9.17, 15) is 0 Å². The third kappa shape index (κ3) is 3.33. The van der Waals surface area contributed by atoms with Crippen LogP contribution in [-0.2, 0) is 0 Å².